The van der Waals surface area contributed by atoms with Crippen molar-refractivity contribution in [3.63, 3.8) is 0 Å². The number of ether oxygens (including phenoxy) is 1. The van der Waals surface area contributed by atoms with Crippen molar-refractivity contribution in [1.82, 2.24) is 4.90 Å². The Kier molecular flexibility index (Phi) is 5.56. The third-order valence-electron chi connectivity index (χ3n) is 5.01. The Morgan fingerprint density at radius 2 is 2.12 bits per heavy atom. The van der Waals surface area contributed by atoms with Crippen LogP contribution in [0.3, 0.4) is 0 Å². The quantitative estimate of drug-likeness (QED) is 0.827. The zero-order chi connectivity index (χ0) is 18.7. The molecule has 1 saturated heterocycles. The van der Waals surface area contributed by atoms with Gasteiger partial charge in [0.15, 0.2) is 0 Å². The number of carbonyl (C=O) groups is 3. The number of likely N-dealkylation sites (tertiary alicyclic amines) is 1. The van der Waals surface area contributed by atoms with E-state index in [-0.39, 0.29) is 30.2 Å². The van der Waals surface area contributed by atoms with Gasteiger partial charge in [0.05, 0.1) is 29.9 Å². The molecule has 140 valence electrons. The largest absolute Gasteiger partial charge is 0.466 e. The molecule has 2 aliphatic heterocycles. The van der Waals surface area contributed by atoms with Crippen LogP contribution in [0.1, 0.15) is 26.7 Å². The fraction of sp³-hybridized carbons (Fsp3) is 0.526. The number of rotatable bonds is 4. The molecule has 2 heterocycles. The fourth-order valence-corrected chi connectivity index (χ4v) is 3.62. The van der Waals surface area contributed by atoms with E-state index in [2.05, 4.69) is 5.32 Å². The highest BCUT2D eigenvalue weighted by molar-refractivity contribution is 6.11. The van der Waals surface area contributed by atoms with E-state index in [4.69, 9.17) is 4.74 Å². The summed E-state index contributed by atoms with van der Waals surface area (Å²) in [6.45, 7) is 5.27. The molecule has 0 unspecified atom stereocenters. The topological polar surface area (TPSA) is 79.0 Å². The number of para-hydroxylation sites is 2. The first-order valence-electron chi connectivity index (χ1n) is 9.12. The minimum atomic E-state index is -0.411. The first-order valence-corrected chi connectivity index (χ1v) is 9.12. The molecular weight excluding hydrogens is 334 g/mol. The smallest absolute Gasteiger partial charge is 0.310 e. The summed E-state index contributed by atoms with van der Waals surface area (Å²) in [6, 6.07) is 6.88. The molecule has 3 rings (SSSR count). The summed E-state index contributed by atoms with van der Waals surface area (Å²) in [7, 11) is 0. The molecule has 1 N–H and O–H groups in total. The number of nitrogens with zero attached hydrogens (tertiary/aromatic N) is 2. The van der Waals surface area contributed by atoms with Gasteiger partial charge in [-0.1, -0.05) is 12.1 Å². The van der Waals surface area contributed by atoms with Crippen LogP contribution in [-0.4, -0.2) is 55.0 Å². The van der Waals surface area contributed by atoms with Gasteiger partial charge in [-0.25, -0.2) is 0 Å². The highest BCUT2D eigenvalue weighted by atomic mass is 16.5. The van der Waals surface area contributed by atoms with Crippen molar-refractivity contribution in [2.75, 3.05) is 36.5 Å². The summed E-state index contributed by atoms with van der Waals surface area (Å²) in [5.74, 6) is -0.723. The van der Waals surface area contributed by atoms with Gasteiger partial charge in [-0.15, -0.1) is 0 Å². The van der Waals surface area contributed by atoms with Crippen LogP contribution in [0.5, 0.6) is 0 Å². The summed E-state index contributed by atoms with van der Waals surface area (Å²) in [5.41, 5.74) is 1.36. The lowest BCUT2D eigenvalue weighted by Gasteiger charge is -2.38. The van der Waals surface area contributed by atoms with Gasteiger partial charge in [-0.2, -0.15) is 0 Å². The Morgan fingerprint density at radius 1 is 1.35 bits per heavy atom. The molecule has 2 aliphatic rings. The van der Waals surface area contributed by atoms with E-state index in [9.17, 15) is 14.4 Å². The Labute approximate surface area is 153 Å². The van der Waals surface area contributed by atoms with E-state index < -0.39 is 6.04 Å². The second kappa shape index (κ2) is 7.86. The van der Waals surface area contributed by atoms with Crippen molar-refractivity contribution in [2.24, 2.45) is 5.92 Å². The molecule has 0 bridgehead atoms. The summed E-state index contributed by atoms with van der Waals surface area (Å²) in [5, 5.41) is 2.79. The van der Waals surface area contributed by atoms with Crippen molar-refractivity contribution in [2.45, 2.75) is 32.7 Å². The Hall–Kier alpha value is -2.41. The van der Waals surface area contributed by atoms with Crippen molar-refractivity contribution in [3.8, 4) is 0 Å². The minimum absolute atomic E-state index is 0.00926. The number of fused-ring (bicyclic) bond motifs is 1. The number of amides is 2. The molecule has 0 aromatic heterocycles. The first-order chi connectivity index (χ1) is 12.5. The lowest BCUT2D eigenvalue weighted by atomic mass is 9.96. The molecule has 26 heavy (non-hydrogen) atoms. The van der Waals surface area contributed by atoms with E-state index in [1.54, 1.807) is 13.0 Å². The van der Waals surface area contributed by atoms with E-state index in [0.29, 0.717) is 24.5 Å². The van der Waals surface area contributed by atoms with E-state index >= 15 is 0 Å². The standard InChI is InChI=1S/C19H25N3O4/c1-3-26-19(25)14-7-6-10-21(11-14)13(2)18(24)22-12-17(23)20-15-8-4-5-9-16(15)22/h4-5,8-9,13-14H,3,6-7,10-12H2,1-2H3,(H,20,23)/t13-,14-/m1/s1. The number of hydrogen-bond donors (Lipinski definition) is 1. The fourth-order valence-electron chi connectivity index (χ4n) is 3.62. The molecule has 7 nitrogen and oxygen atoms in total. The molecule has 1 aromatic rings. The second-order valence-corrected chi connectivity index (χ2v) is 6.75. The molecule has 1 aromatic carbocycles. The lowest BCUT2D eigenvalue weighted by Crippen LogP contribution is -2.54. The van der Waals surface area contributed by atoms with Crippen molar-refractivity contribution >= 4 is 29.2 Å². The average molecular weight is 359 g/mol. The lowest BCUT2D eigenvalue weighted by molar-refractivity contribution is -0.150. The molecule has 0 saturated carbocycles. The second-order valence-electron chi connectivity index (χ2n) is 6.75. The van der Waals surface area contributed by atoms with Crippen LogP contribution in [0.25, 0.3) is 0 Å². The van der Waals surface area contributed by atoms with Gasteiger partial charge in [0.1, 0.15) is 6.54 Å². The van der Waals surface area contributed by atoms with Crippen molar-refractivity contribution in [3.05, 3.63) is 24.3 Å². The van der Waals surface area contributed by atoms with Crippen molar-refractivity contribution < 1.29 is 19.1 Å². The van der Waals surface area contributed by atoms with Crippen molar-refractivity contribution in [1.29, 1.82) is 0 Å². The number of piperidine rings is 1. The maximum atomic E-state index is 13.1. The molecule has 0 aliphatic carbocycles. The number of benzene rings is 1. The number of esters is 1. The third-order valence-corrected chi connectivity index (χ3v) is 5.01. The van der Waals surface area contributed by atoms with Gasteiger partial charge >= 0.3 is 5.97 Å². The van der Waals surface area contributed by atoms with Gasteiger partial charge in [-0.3, -0.25) is 24.2 Å². The van der Waals surface area contributed by atoms with E-state index in [0.717, 1.165) is 19.4 Å². The van der Waals surface area contributed by atoms with Gasteiger partial charge in [0.2, 0.25) is 11.8 Å². The van der Waals surface area contributed by atoms with Crippen LogP contribution in [0, 0.1) is 5.92 Å². The van der Waals surface area contributed by atoms with Crippen LogP contribution < -0.4 is 10.2 Å². The monoisotopic (exact) mass is 359 g/mol. The van der Waals surface area contributed by atoms with E-state index in [1.165, 1.54) is 4.90 Å². The number of anilines is 2. The highest BCUT2D eigenvalue weighted by Gasteiger charge is 2.35. The SMILES string of the molecule is CCOC(=O)[C@@H]1CCCN([C@H](C)C(=O)N2CC(=O)Nc3ccccc32)C1. The molecule has 0 radical (unpaired) electrons. The van der Waals surface area contributed by atoms with Crippen LogP contribution in [0.4, 0.5) is 11.4 Å². The summed E-state index contributed by atoms with van der Waals surface area (Å²) in [4.78, 5) is 40.7. The summed E-state index contributed by atoms with van der Waals surface area (Å²) in [6.07, 6.45) is 1.63. The number of hydrogen-bond acceptors (Lipinski definition) is 5. The zero-order valence-electron chi connectivity index (χ0n) is 15.2. The van der Waals surface area contributed by atoms with Crippen LogP contribution >= 0.6 is 0 Å². The Bertz CT molecular complexity index is 706. The highest BCUT2D eigenvalue weighted by Crippen LogP contribution is 2.30. The molecule has 2 atom stereocenters. The maximum Gasteiger partial charge on any atom is 0.310 e. The predicted molar refractivity (Wildman–Crippen MR) is 97.8 cm³/mol. The van der Waals surface area contributed by atoms with Crippen LogP contribution in [0.2, 0.25) is 0 Å². The summed E-state index contributed by atoms with van der Waals surface area (Å²) < 4.78 is 5.13. The normalized spacial score (nSPS) is 21.5. The molecular formula is C19H25N3O4. The molecule has 1 fully saturated rings. The Morgan fingerprint density at radius 3 is 2.88 bits per heavy atom. The number of carbonyl (C=O) groups excluding carboxylic acids is 3. The first kappa shape index (κ1) is 18.4. The average Bonchev–Trinajstić information content (AvgIpc) is 2.66. The Balaban J connectivity index is 1.73. The third kappa shape index (κ3) is 3.72. The predicted octanol–water partition coefficient (Wildman–Crippen LogP) is 1.64. The zero-order valence-corrected chi connectivity index (χ0v) is 15.2. The molecule has 0 spiro atoms. The molecule has 2 amide bonds. The maximum absolute atomic E-state index is 13.1. The van der Waals surface area contributed by atoms with Crippen LogP contribution in [0.15, 0.2) is 24.3 Å². The van der Waals surface area contributed by atoms with Gasteiger partial charge in [0, 0.05) is 6.54 Å². The number of nitrogens with one attached hydrogen (secondary N) is 1. The van der Waals surface area contributed by atoms with E-state index in [1.807, 2.05) is 30.0 Å². The van der Waals surface area contributed by atoms with Gasteiger partial charge in [0.25, 0.3) is 0 Å². The summed E-state index contributed by atoms with van der Waals surface area (Å²) >= 11 is 0. The van der Waals surface area contributed by atoms with Gasteiger partial charge < -0.3 is 10.1 Å². The molecule has 7 heteroatoms. The minimum Gasteiger partial charge on any atom is -0.466 e. The van der Waals surface area contributed by atoms with Gasteiger partial charge in [-0.05, 0) is 45.4 Å². The van der Waals surface area contributed by atoms with Crippen LogP contribution in [-0.2, 0) is 19.1 Å².